The number of esters is 1. The zero-order chi connectivity index (χ0) is 15.9. The first kappa shape index (κ1) is 16.0. The molecule has 2 amide bonds. The molecule has 0 saturated carbocycles. The summed E-state index contributed by atoms with van der Waals surface area (Å²) in [6.45, 7) is 0.501. The lowest BCUT2D eigenvalue weighted by Crippen LogP contribution is -2.40. The molecule has 22 heavy (non-hydrogen) atoms. The van der Waals surface area contributed by atoms with Crippen LogP contribution in [0.5, 0.6) is 0 Å². The van der Waals surface area contributed by atoms with Crippen LogP contribution in [-0.2, 0) is 20.9 Å². The van der Waals surface area contributed by atoms with Gasteiger partial charge in [-0.2, -0.15) is 4.90 Å². The van der Waals surface area contributed by atoms with Gasteiger partial charge in [-0.25, -0.2) is 14.4 Å². The summed E-state index contributed by atoms with van der Waals surface area (Å²) in [5, 5.41) is 0. The molecule has 1 aliphatic rings. The van der Waals surface area contributed by atoms with Crippen LogP contribution in [0, 0.1) is 0 Å². The number of ether oxygens (including phenoxy) is 2. The van der Waals surface area contributed by atoms with Crippen molar-refractivity contribution in [3.63, 3.8) is 0 Å². The van der Waals surface area contributed by atoms with Gasteiger partial charge in [-0.15, -0.1) is 0 Å². The Kier molecular flexibility index (Phi) is 5.48. The van der Waals surface area contributed by atoms with E-state index in [9.17, 15) is 14.4 Å². The van der Waals surface area contributed by atoms with Crippen molar-refractivity contribution in [1.82, 2.24) is 4.90 Å². The van der Waals surface area contributed by atoms with Gasteiger partial charge in [0.25, 0.3) is 0 Å². The van der Waals surface area contributed by atoms with Crippen LogP contribution in [0.4, 0.5) is 9.59 Å². The third-order valence-electron chi connectivity index (χ3n) is 3.30. The van der Waals surface area contributed by atoms with E-state index < -0.39 is 24.2 Å². The molecular formula is C15H18N2O5. The summed E-state index contributed by atoms with van der Waals surface area (Å²) < 4.78 is 9.58. The number of imide groups is 1. The first-order valence-electron chi connectivity index (χ1n) is 7.09. The monoisotopic (exact) mass is 306 g/mol. The molecule has 7 heteroatoms. The molecule has 0 bridgehead atoms. The molecule has 0 radical (unpaired) electrons. The lowest BCUT2D eigenvalue weighted by Gasteiger charge is -2.17. The number of hydrogen-bond donors (Lipinski definition) is 1. The van der Waals surface area contributed by atoms with Crippen molar-refractivity contribution in [2.75, 3.05) is 6.54 Å². The molecule has 0 spiro atoms. The molecule has 1 aromatic rings. The average Bonchev–Trinajstić information content (AvgIpc) is 2.80. The zero-order valence-electron chi connectivity index (χ0n) is 12.1. The van der Waals surface area contributed by atoms with Gasteiger partial charge in [-0.05, 0) is 31.4 Å². The van der Waals surface area contributed by atoms with Crippen LogP contribution >= 0.6 is 0 Å². The van der Waals surface area contributed by atoms with Crippen molar-refractivity contribution in [2.45, 2.75) is 31.9 Å². The van der Waals surface area contributed by atoms with Crippen LogP contribution in [0.25, 0.3) is 0 Å². The van der Waals surface area contributed by atoms with Gasteiger partial charge in [0, 0.05) is 0 Å². The van der Waals surface area contributed by atoms with Crippen LogP contribution in [0.15, 0.2) is 30.3 Å². The summed E-state index contributed by atoms with van der Waals surface area (Å²) in [5.74, 6) is -0.723. The minimum Gasteiger partial charge on any atom is -0.444 e. The van der Waals surface area contributed by atoms with E-state index in [2.05, 4.69) is 4.74 Å². The lowest BCUT2D eigenvalue weighted by molar-refractivity contribution is -0.136. The van der Waals surface area contributed by atoms with E-state index in [0.717, 1.165) is 10.5 Å². The summed E-state index contributed by atoms with van der Waals surface area (Å²) >= 11 is 0. The van der Waals surface area contributed by atoms with Crippen molar-refractivity contribution in [3.8, 4) is 0 Å². The maximum absolute atomic E-state index is 12.0. The van der Waals surface area contributed by atoms with E-state index in [4.69, 9.17) is 10.5 Å². The smallest absolute Gasteiger partial charge is 0.427 e. The lowest BCUT2D eigenvalue weighted by atomic mass is 10.1. The van der Waals surface area contributed by atoms with E-state index in [1.54, 1.807) is 12.1 Å². The second kappa shape index (κ2) is 7.56. The number of amides is 2. The maximum atomic E-state index is 12.0. The fourth-order valence-corrected chi connectivity index (χ4v) is 2.16. The Labute approximate surface area is 128 Å². The van der Waals surface area contributed by atoms with Crippen molar-refractivity contribution < 1.29 is 23.9 Å². The number of hydrogen-bond acceptors (Lipinski definition) is 6. The van der Waals surface area contributed by atoms with Crippen molar-refractivity contribution in [1.29, 1.82) is 0 Å². The van der Waals surface area contributed by atoms with Crippen molar-refractivity contribution >= 4 is 18.2 Å². The van der Waals surface area contributed by atoms with Crippen LogP contribution in [0.1, 0.15) is 24.8 Å². The Morgan fingerprint density at radius 2 is 1.95 bits per heavy atom. The Bertz CT molecular complexity index is 546. The predicted molar refractivity (Wildman–Crippen MR) is 76.6 cm³/mol. The molecule has 0 aliphatic carbocycles. The Morgan fingerprint density at radius 3 is 2.64 bits per heavy atom. The normalized spacial score (nSPS) is 17.5. The third kappa shape index (κ3) is 3.82. The highest BCUT2D eigenvalue weighted by Gasteiger charge is 2.45. The average molecular weight is 306 g/mol. The van der Waals surface area contributed by atoms with Gasteiger partial charge < -0.3 is 15.2 Å². The number of nitrogens with two attached hydrogens (primary N) is 1. The van der Waals surface area contributed by atoms with E-state index in [1.807, 2.05) is 18.2 Å². The number of unbranched alkanes of at least 4 members (excludes halogenated alkanes) is 1. The number of rotatable bonds is 6. The molecule has 1 aromatic carbocycles. The van der Waals surface area contributed by atoms with Crippen LogP contribution < -0.4 is 5.73 Å². The molecule has 1 heterocycles. The van der Waals surface area contributed by atoms with Gasteiger partial charge in [0.15, 0.2) is 0 Å². The molecule has 118 valence electrons. The standard InChI is InChI=1S/C15H18N2O5/c16-9-5-4-8-12-13(18)22-15(20)17(12)14(19)21-10-11-6-2-1-3-7-11/h1-3,6-7,12H,4-5,8-10,16H2/t12-/m1/s1. The topological polar surface area (TPSA) is 98.9 Å². The van der Waals surface area contributed by atoms with Gasteiger partial charge in [-0.3, -0.25) is 0 Å². The SMILES string of the molecule is NCCCC[C@@H]1C(=O)OC(=O)N1C(=O)OCc1ccccc1. The van der Waals surface area contributed by atoms with E-state index in [1.165, 1.54) is 0 Å². The molecule has 1 atom stereocenters. The largest absolute Gasteiger partial charge is 0.444 e. The van der Waals surface area contributed by atoms with Crippen LogP contribution in [-0.4, -0.2) is 35.6 Å². The summed E-state index contributed by atoms with van der Waals surface area (Å²) in [6.07, 6.45) is -0.225. The number of benzene rings is 1. The van der Waals surface area contributed by atoms with Gasteiger partial charge in [0.1, 0.15) is 12.6 Å². The van der Waals surface area contributed by atoms with Gasteiger partial charge in [0.2, 0.25) is 0 Å². The summed E-state index contributed by atoms with van der Waals surface area (Å²) in [5.41, 5.74) is 6.18. The predicted octanol–water partition coefficient (Wildman–Crippen LogP) is 1.80. The minimum absolute atomic E-state index is 0.0210. The molecule has 1 saturated heterocycles. The number of carbonyl (C=O) groups is 3. The molecule has 0 aromatic heterocycles. The van der Waals surface area contributed by atoms with Gasteiger partial charge in [-0.1, -0.05) is 30.3 Å². The Morgan fingerprint density at radius 1 is 1.23 bits per heavy atom. The summed E-state index contributed by atoms with van der Waals surface area (Å²) in [6, 6.07) is 8.12. The first-order chi connectivity index (χ1) is 10.6. The Balaban J connectivity index is 1.96. The highest BCUT2D eigenvalue weighted by Crippen LogP contribution is 2.20. The maximum Gasteiger partial charge on any atom is 0.427 e. The van der Waals surface area contributed by atoms with Crippen LogP contribution in [0.2, 0.25) is 0 Å². The summed E-state index contributed by atoms with van der Waals surface area (Å²) in [7, 11) is 0. The molecule has 1 fully saturated rings. The fourth-order valence-electron chi connectivity index (χ4n) is 2.16. The fraction of sp³-hybridized carbons (Fsp3) is 0.400. The second-order valence-electron chi connectivity index (χ2n) is 4.90. The van der Waals surface area contributed by atoms with E-state index in [-0.39, 0.29) is 6.61 Å². The third-order valence-corrected chi connectivity index (χ3v) is 3.30. The van der Waals surface area contributed by atoms with Gasteiger partial charge in [0.05, 0.1) is 0 Å². The van der Waals surface area contributed by atoms with Crippen molar-refractivity contribution in [2.24, 2.45) is 5.73 Å². The molecule has 1 aliphatic heterocycles. The number of carbonyl (C=O) groups excluding carboxylic acids is 3. The quantitative estimate of drug-likeness (QED) is 0.489. The van der Waals surface area contributed by atoms with Crippen molar-refractivity contribution in [3.05, 3.63) is 35.9 Å². The molecular weight excluding hydrogens is 288 g/mol. The van der Waals surface area contributed by atoms with E-state index in [0.29, 0.717) is 25.8 Å². The number of cyclic esters (lactones) is 2. The highest BCUT2D eigenvalue weighted by molar-refractivity contribution is 6.03. The van der Waals surface area contributed by atoms with Gasteiger partial charge >= 0.3 is 18.2 Å². The zero-order valence-corrected chi connectivity index (χ0v) is 12.1. The number of nitrogens with zero attached hydrogens (tertiary/aromatic N) is 1. The summed E-state index contributed by atoms with van der Waals surface area (Å²) in [4.78, 5) is 36.1. The molecule has 7 nitrogen and oxygen atoms in total. The highest BCUT2D eigenvalue weighted by atomic mass is 16.6. The molecule has 2 N–H and O–H groups in total. The molecule has 2 rings (SSSR count). The van der Waals surface area contributed by atoms with Crippen LogP contribution in [0.3, 0.4) is 0 Å². The minimum atomic E-state index is -0.985. The second-order valence-corrected chi connectivity index (χ2v) is 4.90. The Hall–Kier alpha value is -2.41. The molecule has 0 unspecified atom stereocenters. The van der Waals surface area contributed by atoms with E-state index >= 15 is 0 Å². The first-order valence-corrected chi connectivity index (χ1v) is 7.09.